The summed E-state index contributed by atoms with van der Waals surface area (Å²) >= 11 is 0. The molecule has 1 fully saturated rings. The van der Waals surface area contributed by atoms with E-state index in [1.807, 2.05) is 0 Å². The van der Waals surface area contributed by atoms with Crippen LogP contribution < -0.4 is 16.4 Å². The topological polar surface area (TPSA) is 84.2 Å². The molecule has 1 aromatic rings. The van der Waals surface area contributed by atoms with Gasteiger partial charge >= 0.3 is 0 Å². The molecule has 0 aromatic heterocycles. The Bertz CT molecular complexity index is 414. The predicted octanol–water partition coefficient (Wildman–Crippen LogP) is 0.486. The second-order valence-electron chi connectivity index (χ2n) is 3.77. The van der Waals surface area contributed by atoms with Crippen molar-refractivity contribution in [2.45, 2.75) is 18.9 Å². The van der Waals surface area contributed by atoms with Gasteiger partial charge in [0.15, 0.2) is 0 Å². The first kappa shape index (κ1) is 10.5. The van der Waals surface area contributed by atoms with Crippen molar-refractivity contribution in [3.8, 4) is 0 Å². The highest BCUT2D eigenvalue weighted by atomic mass is 16.2. The normalized spacial score (nSPS) is 20.4. The van der Waals surface area contributed by atoms with E-state index in [4.69, 9.17) is 5.73 Å². The molecule has 1 atom stereocenters. The molecule has 2 rings (SSSR count). The lowest BCUT2D eigenvalue weighted by Crippen LogP contribution is -2.47. The highest BCUT2D eigenvalue weighted by Crippen LogP contribution is 2.15. The van der Waals surface area contributed by atoms with Crippen LogP contribution in [0.25, 0.3) is 0 Å². The predicted molar refractivity (Wildman–Crippen MR) is 60.6 cm³/mol. The van der Waals surface area contributed by atoms with Crippen LogP contribution in [0.2, 0.25) is 0 Å². The summed E-state index contributed by atoms with van der Waals surface area (Å²) in [7, 11) is 0. The second kappa shape index (κ2) is 4.22. The zero-order chi connectivity index (χ0) is 11.5. The van der Waals surface area contributed by atoms with E-state index < -0.39 is 0 Å². The maximum atomic E-state index is 11.5. The van der Waals surface area contributed by atoms with Crippen molar-refractivity contribution < 1.29 is 9.59 Å². The van der Waals surface area contributed by atoms with Gasteiger partial charge in [-0.25, -0.2) is 0 Å². The number of amides is 2. The first-order valence-electron chi connectivity index (χ1n) is 5.11. The van der Waals surface area contributed by atoms with E-state index in [-0.39, 0.29) is 17.9 Å². The SMILES string of the molecule is Nc1ccc(NC2CCC(=O)NC2=O)cc1. The van der Waals surface area contributed by atoms with Gasteiger partial charge in [0.1, 0.15) is 6.04 Å². The van der Waals surface area contributed by atoms with Gasteiger partial charge in [0.25, 0.3) is 0 Å². The minimum Gasteiger partial charge on any atom is -0.399 e. The lowest BCUT2D eigenvalue weighted by molar-refractivity contribution is -0.133. The van der Waals surface area contributed by atoms with E-state index in [1.54, 1.807) is 24.3 Å². The summed E-state index contributed by atoms with van der Waals surface area (Å²) in [5.41, 5.74) is 7.05. The monoisotopic (exact) mass is 219 g/mol. The number of hydrogen-bond donors (Lipinski definition) is 3. The minimum atomic E-state index is -0.346. The number of nitrogens with two attached hydrogens (primary N) is 1. The van der Waals surface area contributed by atoms with Crippen LogP contribution >= 0.6 is 0 Å². The molecule has 1 aliphatic rings. The molecule has 5 heteroatoms. The third-order valence-corrected chi connectivity index (χ3v) is 2.49. The van der Waals surface area contributed by atoms with Crippen LogP contribution in [0.15, 0.2) is 24.3 Å². The van der Waals surface area contributed by atoms with Crippen molar-refractivity contribution in [3.05, 3.63) is 24.3 Å². The summed E-state index contributed by atoms with van der Waals surface area (Å²) in [5, 5.41) is 5.35. The van der Waals surface area contributed by atoms with Crippen LogP contribution in [0.3, 0.4) is 0 Å². The Labute approximate surface area is 93.0 Å². The number of rotatable bonds is 2. The summed E-state index contributed by atoms with van der Waals surface area (Å²) < 4.78 is 0. The van der Waals surface area contributed by atoms with Crippen molar-refractivity contribution in [1.82, 2.24) is 5.32 Å². The maximum Gasteiger partial charge on any atom is 0.249 e. The molecule has 1 unspecified atom stereocenters. The van der Waals surface area contributed by atoms with Crippen molar-refractivity contribution in [1.29, 1.82) is 0 Å². The molecule has 16 heavy (non-hydrogen) atoms. The Morgan fingerprint density at radius 3 is 2.56 bits per heavy atom. The standard InChI is InChI=1S/C11H13N3O2/c12-7-1-3-8(4-2-7)13-9-5-6-10(15)14-11(9)16/h1-4,9,13H,5-6,12H2,(H,14,15,16). The molecular weight excluding hydrogens is 206 g/mol. The Hall–Kier alpha value is -2.04. The van der Waals surface area contributed by atoms with Gasteiger partial charge in [-0.05, 0) is 30.7 Å². The van der Waals surface area contributed by atoms with Gasteiger partial charge in [-0.15, -0.1) is 0 Å². The number of imide groups is 1. The number of piperidine rings is 1. The molecule has 0 spiro atoms. The molecule has 0 aliphatic carbocycles. The van der Waals surface area contributed by atoms with E-state index in [2.05, 4.69) is 10.6 Å². The third kappa shape index (κ3) is 2.31. The van der Waals surface area contributed by atoms with Gasteiger partial charge < -0.3 is 11.1 Å². The van der Waals surface area contributed by atoms with E-state index >= 15 is 0 Å². The largest absolute Gasteiger partial charge is 0.399 e. The Morgan fingerprint density at radius 2 is 1.94 bits per heavy atom. The highest BCUT2D eigenvalue weighted by Gasteiger charge is 2.25. The zero-order valence-corrected chi connectivity index (χ0v) is 8.69. The van der Waals surface area contributed by atoms with Crippen molar-refractivity contribution >= 4 is 23.2 Å². The Kier molecular flexibility index (Phi) is 2.76. The number of nitrogens with one attached hydrogen (secondary N) is 2. The van der Waals surface area contributed by atoms with E-state index in [9.17, 15) is 9.59 Å². The van der Waals surface area contributed by atoms with Gasteiger partial charge in [-0.1, -0.05) is 0 Å². The average Bonchev–Trinajstić information content (AvgIpc) is 2.25. The summed E-state index contributed by atoms with van der Waals surface area (Å²) in [5.74, 6) is -0.478. The van der Waals surface area contributed by atoms with Gasteiger partial charge in [-0.2, -0.15) is 0 Å². The fourth-order valence-corrected chi connectivity index (χ4v) is 1.61. The van der Waals surface area contributed by atoms with Crippen LogP contribution in [0.5, 0.6) is 0 Å². The molecule has 1 heterocycles. The minimum absolute atomic E-state index is 0.208. The van der Waals surface area contributed by atoms with E-state index in [0.717, 1.165) is 5.69 Å². The molecule has 0 radical (unpaired) electrons. The van der Waals surface area contributed by atoms with Gasteiger partial charge in [-0.3, -0.25) is 14.9 Å². The van der Waals surface area contributed by atoms with Crippen LogP contribution in [-0.4, -0.2) is 17.9 Å². The quantitative estimate of drug-likeness (QED) is 0.499. The van der Waals surface area contributed by atoms with E-state index in [1.165, 1.54) is 0 Å². The highest BCUT2D eigenvalue weighted by molar-refractivity contribution is 6.01. The number of carbonyl (C=O) groups is 2. The summed E-state index contributed by atoms with van der Waals surface area (Å²) in [6.07, 6.45) is 0.896. The summed E-state index contributed by atoms with van der Waals surface area (Å²) in [6.45, 7) is 0. The fraction of sp³-hybridized carbons (Fsp3) is 0.273. The molecule has 5 nitrogen and oxygen atoms in total. The third-order valence-electron chi connectivity index (χ3n) is 2.49. The molecule has 4 N–H and O–H groups in total. The average molecular weight is 219 g/mol. The summed E-state index contributed by atoms with van der Waals surface area (Å²) in [6, 6.07) is 6.78. The lowest BCUT2D eigenvalue weighted by Gasteiger charge is -2.22. The van der Waals surface area contributed by atoms with Crippen LogP contribution in [0, 0.1) is 0 Å². The molecule has 1 aromatic carbocycles. The lowest BCUT2D eigenvalue weighted by atomic mass is 10.1. The van der Waals surface area contributed by atoms with Crippen LogP contribution in [0.1, 0.15) is 12.8 Å². The molecule has 2 amide bonds. The van der Waals surface area contributed by atoms with Crippen molar-refractivity contribution in [2.24, 2.45) is 0 Å². The first-order chi connectivity index (χ1) is 7.65. The summed E-state index contributed by atoms with van der Waals surface area (Å²) in [4.78, 5) is 22.4. The fourth-order valence-electron chi connectivity index (χ4n) is 1.61. The van der Waals surface area contributed by atoms with Crippen LogP contribution in [0.4, 0.5) is 11.4 Å². The maximum absolute atomic E-state index is 11.5. The Morgan fingerprint density at radius 1 is 1.25 bits per heavy atom. The van der Waals surface area contributed by atoms with Crippen molar-refractivity contribution in [2.75, 3.05) is 11.1 Å². The number of hydrogen-bond acceptors (Lipinski definition) is 4. The second-order valence-corrected chi connectivity index (χ2v) is 3.77. The molecule has 1 aliphatic heterocycles. The molecule has 0 bridgehead atoms. The van der Waals surface area contributed by atoms with Crippen LogP contribution in [-0.2, 0) is 9.59 Å². The number of nitrogen functional groups attached to an aromatic ring is 1. The smallest absolute Gasteiger partial charge is 0.249 e. The van der Waals surface area contributed by atoms with Gasteiger partial charge in [0.2, 0.25) is 11.8 Å². The number of carbonyl (C=O) groups excluding carboxylic acids is 2. The molecular formula is C11H13N3O2. The number of anilines is 2. The molecule has 0 saturated carbocycles. The Balaban J connectivity index is 2.02. The van der Waals surface area contributed by atoms with Crippen molar-refractivity contribution in [3.63, 3.8) is 0 Å². The van der Waals surface area contributed by atoms with Gasteiger partial charge in [0, 0.05) is 17.8 Å². The molecule has 1 saturated heterocycles. The zero-order valence-electron chi connectivity index (χ0n) is 8.69. The molecule has 84 valence electrons. The van der Waals surface area contributed by atoms with E-state index in [0.29, 0.717) is 18.5 Å². The number of benzene rings is 1. The first-order valence-corrected chi connectivity index (χ1v) is 5.11. The van der Waals surface area contributed by atoms with Gasteiger partial charge in [0.05, 0.1) is 0 Å².